The van der Waals surface area contributed by atoms with Gasteiger partial charge in [-0.3, -0.25) is 0 Å². The summed E-state index contributed by atoms with van der Waals surface area (Å²) < 4.78 is 0. The molecule has 0 aliphatic carbocycles. The van der Waals surface area contributed by atoms with Crippen LogP contribution in [0.5, 0.6) is 0 Å². The van der Waals surface area contributed by atoms with Crippen molar-refractivity contribution in [3.8, 4) is 0 Å². The first kappa shape index (κ1) is 8.56. The number of hydrogen-bond acceptors (Lipinski definition) is 3. The molecule has 0 unspecified atom stereocenters. The Labute approximate surface area is 74.5 Å². The minimum atomic E-state index is 0.290. The summed E-state index contributed by atoms with van der Waals surface area (Å²) in [7, 11) is 0. The van der Waals surface area contributed by atoms with Crippen LogP contribution >= 0.6 is 23.2 Å². The molecule has 60 valence electrons. The van der Waals surface area contributed by atoms with Gasteiger partial charge in [0, 0.05) is 0 Å². The van der Waals surface area contributed by atoms with E-state index in [4.69, 9.17) is 28.9 Å². The van der Waals surface area contributed by atoms with E-state index >= 15 is 0 Å². The van der Waals surface area contributed by atoms with Crippen molar-refractivity contribution in [2.45, 2.75) is 11.8 Å². The molecule has 0 amide bonds. The molecule has 1 aromatic rings. The SMILES string of the molecule is Nc1c(CCl)ncnc1CCl. The Morgan fingerprint density at radius 2 is 1.64 bits per heavy atom. The molecule has 1 aromatic heterocycles. The average Bonchev–Trinajstić information content (AvgIpc) is 2.05. The topological polar surface area (TPSA) is 51.8 Å². The lowest BCUT2D eigenvalue weighted by Gasteiger charge is -2.02. The number of rotatable bonds is 2. The van der Waals surface area contributed by atoms with Crippen LogP contribution in [0.15, 0.2) is 6.33 Å². The van der Waals surface area contributed by atoms with Crippen molar-refractivity contribution in [1.29, 1.82) is 0 Å². The summed E-state index contributed by atoms with van der Waals surface area (Å²) in [6.45, 7) is 0. The van der Waals surface area contributed by atoms with Gasteiger partial charge in [-0.1, -0.05) is 0 Å². The minimum Gasteiger partial charge on any atom is -0.396 e. The summed E-state index contributed by atoms with van der Waals surface area (Å²) >= 11 is 11.1. The Balaban J connectivity index is 3.10. The number of alkyl halides is 2. The minimum absolute atomic E-state index is 0.290. The summed E-state index contributed by atoms with van der Waals surface area (Å²) in [5.74, 6) is 0.580. The summed E-state index contributed by atoms with van der Waals surface area (Å²) in [5.41, 5.74) is 7.38. The van der Waals surface area contributed by atoms with Crippen molar-refractivity contribution < 1.29 is 0 Å². The maximum absolute atomic E-state index is 5.61. The van der Waals surface area contributed by atoms with Gasteiger partial charge in [0.25, 0.3) is 0 Å². The van der Waals surface area contributed by atoms with Gasteiger partial charge >= 0.3 is 0 Å². The Kier molecular flexibility index (Phi) is 2.91. The number of nitrogen functional groups attached to an aromatic ring is 1. The fourth-order valence-corrected chi connectivity index (χ4v) is 1.11. The van der Waals surface area contributed by atoms with E-state index in [9.17, 15) is 0 Å². The predicted molar refractivity (Wildman–Crippen MR) is 45.6 cm³/mol. The van der Waals surface area contributed by atoms with Crippen LogP contribution in [0.1, 0.15) is 11.4 Å². The van der Waals surface area contributed by atoms with Crippen molar-refractivity contribution in [2.75, 3.05) is 5.73 Å². The predicted octanol–water partition coefficient (Wildman–Crippen LogP) is 1.54. The van der Waals surface area contributed by atoms with Gasteiger partial charge in [0.15, 0.2) is 0 Å². The van der Waals surface area contributed by atoms with Crippen LogP contribution in [0, 0.1) is 0 Å². The third-order valence-corrected chi connectivity index (χ3v) is 1.81. The molecule has 0 saturated carbocycles. The summed E-state index contributed by atoms with van der Waals surface area (Å²) in [5, 5.41) is 0. The lowest BCUT2D eigenvalue weighted by molar-refractivity contribution is 1.04. The normalized spacial score (nSPS) is 10.0. The fraction of sp³-hybridized carbons (Fsp3) is 0.333. The van der Waals surface area contributed by atoms with Gasteiger partial charge in [-0.05, 0) is 0 Å². The van der Waals surface area contributed by atoms with E-state index in [1.807, 2.05) is 0 Å². The van der Waals surface area contributed by atoms with Gasteiger partial charge in [0.2, 0.25) is 0 Å². The highest BCUT2D eigenvalue weighted by atomic mass is 35.5. The highest BCUT2D eigenvalue weighted by Gasteiger charge is 2.04. The van der Waals surface area contributed by atoms with Crippen molar-refractivity contribution in [2.24, 2.45) is 0 Å². The number of nitrogens with zero attached hydrogens (tertiary/aromatic N) is 2. The molecule has 0 aliphatic heterocycles. The summed E-state index contributed by atoms with van der Waals surface area (Å²) in [4.78, 5) is 7.76. The molecule has 5 heteroatoms. The smallest absolute Gasteiger partial charge is 0.116 e. The van der Waals surface area contributed by atoms with Crippen molar-refractivity contribution >= 4 is 28.9 Å². The van der Waals surface area contributed by atoms with Gasteiger partial charge in [-0.2, -0.15) is 0 Å². The molecular weight excluding hydrogens is 185 g/mol. The van der Waals surface area contributed by atoms with Crippen LogP contribution in [0.3, 0.4) is 0 Å². The third-order valence-electron chi connectivity index (χ3n) is 1.30. The zero-order valence-corrected chi connectivity index (χ0v) is 7.23. The molecule has 1 heterocycles. The van der Waals surface area contributed by atoms with Crippen LogP contribution < -0.4 is 5.73 Å². The molecule has 11 heavy (non-hydrogen) atoms. The van der Waals surface area contributed by atoms with Gasteiger partial charge in [0.05, 0.1) is 28.8 Å². The van der Waals surface area contributed by atoms with E-state index in [1.165, 1.54) is 6.33 Å². The molecule has 0 saturated heterocycles. The van der Waals surface area contributed by atoms with Crippen LogP contribution in [-0.2, 0) is 11.8 Å². The summed E-state index contributed by atoms with van der Waals surface area (Å²) in [6, 6.07) is 0. The van der Waals surface area contributed by atoms with E-state index in [2.05, 4.69) is 9.97 Å². The number of anilines is 1. The quantitative estimate of drug-likeness (QED) is 0.723. The molecular formula is C6H7Cl2N3. The second kappa shape index (κ2) is 3.74. The molecule has 0 atom stereocenters. The number of halogens is 2. The molecule has 1 rings (SSSR count). The van der Waals surface area contributed by atoms with Crippen LogP contribution in [0.2, 0.25) is 0 Å². The Hall–Kier alpha value is -0.540. The maximum atomic E-state index is 5.61. The van der Waals surface area contributed by atoms with Crippen molar-refractivity contribution in [3.63, 3.8) is 0 Å². The van der Waals surface area contributed by atoms with E-state index in [0.29, 0.717) is 17.1 Å². The van der Waals surface area contributed by atoms with Crippen LogP contribution in [-0.4, -0.2) is 9.97 Å². The largest absolute Gasteiger partial charge is 0.396 e. The molecule has 0 spiro atoms. The second-order valence-electron chi connectivity index (χ2n) is 1.95. The maximum Gasteiger partial charge on any atom is 0.116 e. The van der Waals surface area contributed by atoms with E-state index in [0.717, 1.165) is 0 Å². The van der Waals surface area contributed by atoms with E-state index in [1.54, 1.807) is 0 Å². The molecule has 0 fully saturated rings. The molecule has 0 aliphatic rings. The molecule has 2 N–H and O–H groups in total. The Bertz CT molecular complexity index is 229. The van der Waals surface area contributed by atoms with Gasteiger partial charge in [0.1, 0.15) is 6.33 Å². The first-order chi connectivity index (χ1) is 5.29. The number of nitrogens with two attached hydrogens (primary N) is 1. The average molecular weight is 192 g/mol. The first-order valence-electron chi connectivity index (χ1n) is 2.99. The van der Waals surface area contributed by atoms with Gasteiger partial charge < -0.3 is 5.73 Å². The highest BCUT2D eigenvalue weighted by Crippen LogP contribution is 2.15. The molecule has 3 nitrogen and oxygen atoms in total. The van der Waals surface area contributed by atoms with E-state index < -0.39 is 0 Å². The number of hydrogen-bond donors (Lipinski definition) is 1. The van der Waals surface area contributed by atoms with Crippen LogP contribution in [0.25, 0.3) is 0 Å². The van der Waals surface area contributed by atoms with E-state index in [-0.39, 0.29) is 11.8 Å². The lowest BCUT2D eigenvalue weighted by Crippen LogP contribution is -2.02. The first-order valence-corrected chi connectivity index (χ1v) is 4.06. The molecule has 0 radical (unpaired) electrons. The lowest BCUT2D eigenvalue weighted by atomic mass is 10.3. The second-order valence-corrected chi connectivity index (χ2v) is 2.48. The zero-order chi connectivity index (χ0) is 8.27. The van der Waals surface area contributed by atoms with Gasteiger partial charge in [-0.15, -0.1) is 23.2 Å². The van der Waals surface area contributed by atoms with Crippen molar-refractivity contribution in [1.82, 2.24) is 9.97 Å². The fourth-order valence-electron chi connectivity index (χ4n) is 0.687. The Morgan fingerprint density at radius 3 is 2.00 bits per heavy atom. The number of aromatic nitrogens is 2. The van der Waals surface area contributed by atoms with Crippen molar-refractivity contribution in [3.05, 3.63) is 17.7 Å². The van der Waals surface area contributed by atoms with Crippen LogP contribution in [0.4, 0.5) is 5.69 Å². The highest BCUT2D eigenvalue weighted by molar-refractivity contribution is 6.18. The standard InChI is InChI=1S/C6H7Cl2N3/c7-1-4-6(9)5(2-8)11-3-10-4/h3H,1-2,9H2. The third kappa shape index (κ3) is 1.73. The van der Waals surface area contributed by atoms with Gasteiger partial charge in [-0.25, -0.2) is 9.97 Å². The zero-order valence-electron chi connectivity index (χ0n) is 5.72. The molecule has 0 bridgehead atoms. The molecule has 0 aromatic carbocycles. The summed E-state index contributed by atoms with van der Waals surface area (Å²) in [6.07, 6.45) is 1.41. The Morgan fingerprint density at radius 1 is 1.18 bits per heavy atom. The monoisotopic (exact) mass is 191 g/mol.